The zero-order valence-electron chi connectivity index (χ0n) is 7.38. The molecule has 0 aromatic carbocycles. The van der Waals surface area contributed by atoms with E-state index < -0.39 is 0 Å². The molecule has 1 N–H and O–H groups in total. The molecule has 0 unspecified atom stereocenters. The lowest BCUT2D eigenvalue weighted by atomic mass is 10.2. The van der Waals surface area contributed by atoms with Gasteiger partial charge >= 0.3 is 0 Å². The van der Waals surface area contributed by atoms with Gasteiger partial charge in [-0.15, -0.1) is 0 Å². The molecule has 0 amide bonds. The van der Waals surface area contributed by atoms with Crippen LogP contribution in [0.3, 0.4) is 0 Å². The lowest BCUT2D eigenvalue weighted by Crippen LogP contribution is -2.15. The number of aryl methyl sites for hydroxylation is 1. The second kappa shape index (κ2) is 3.23. The van der Waals surface area contributed by atoms with Crippen LogP contribution in [0.2, 0.25) is 0 Å². The van der Waals surface area contributed by atoms with E-state index in [1.165, 1.54) is 18.4 Å². The zero-order chi connectivity index (χ0) is 8.39. The molecular weight excluding hydrogens is 148 g/mol. The van der Waals surface area contributed by atoms with Crippen LogP contribution in [0.15, 0.2) is 18.3 Å². The van der Waals surface area contributed by atoms with Crippen molar-refractivity contribution in [1.29, 1.82) is 0 Å². The molecule has 1 aromatic rings. The number of aromatic nitrogens is 1. The van der Waals surface area contributed by atoms with Gasteiger partial charge in [-0.1, -0.05) is 6.07 Å². The van der Waals surface area contributed by atoms with Gasteiger partial charge in [-0.05, 0) is 31.4 Å². The molecular formula is C10H14N2. The van der Waals surface area contributed by atoms with Crippen molar-refractivity contribution in [2.45, 2.75) is 32.4 Å². The number of nitrogens with zero attached hydrogens (tertiary/aromatic N) is 1. The fourth-order valence-corrected chi connectivity index (χ4v) is 1.15. The van der Waals surface area contributed by atoms with Gasteiger partial charge in [0.1, 0.15) is 0 Å². The minimum absolute atomic E-state index is 0.784. The minimum Gasteiger partial charge on any atom is -0.310 e. The van der Waals surface area contributed by atoms with Crippen molar-refractivity contribution in [3.05, 3.63) is 29.6 Å². The second-order valence-electron chi connectivity index (χ2n) is 3.46. The molecule has 2 rings (SSSR count). The fourth-order valence-electron chi connectivity index (χ4n) is 1.15. The summed E-state index contributed by atoms with van der Waals surface area (Å²) in [5, 5.41) is 3.45. The smallest absolute Gasteiger partial charge is 0.0372 e. The third kappa shape index (κ3) is 2.05. The Bertz CT molecular complexity index is 249. The quantitative estimate of drug-likeness (QED) is 0.731. The van der Waals surface area contributed by atoms with Crippen LogP contribution in [0.25, 0.3) is 0 Å². The minimum atomic E-state index is 0.784. The molecule has 0 bridgehead atoms. The number of hydrogen-bond donors (Lipinski definition) is 1. The first-order valence-electron chi connectivity index (χ1n) is 4.49. The predicted molar refractivity (Wildman–Crippen MR) is 48.8 cm³/mol. The van der Waals surface area contributed by atoms with Gasteiger partial charge in [0.2, 0.25) is 0 Å². The van der Waals surface area contributed by atoms with Crippen molar-refractivity contribution in [1.82, 2.24) is 10.3 Å². The van der Waals surface area contributed by atoms with Gasteiger partial charge in [0.05, 0.1) is 0 Å². The van der Waals surface area contributed by atoms with Crippen LogP contribution >= 0.6 is 0 Å². The first-order valence-corrected chi connectivity index (χ1v) is 4.49. The summed E-state index contributed by atoms with van der Waals surface area (Å²) in [6.07, 6.45) is 4.64. The van der Waals surface area contributed by atoms with Crippen LogP contribution in [0, 0.1) is 6.92 Å². The number of rotatable bonds is 3. The van der Waals surface area contributed by atoms with E-state index in [0.717, 1.165) is 18.3 Å². The van der Waals surface area contributed by atoms with E-state index >= 15 is 0 Å². The van der Waals surface area contributed by atoms with Gasteiger partial charge in [0.25, 0.3) is 0 Å². The molecule has 0 saturated heterocycles. The van der Waals surface area contributed by atoms with E-state index in [2.05, 4.69) is 22.4 Å². The third-order valence-electron chi connectivity index (χ3n) is 2.14. The Morgan fingerprint density at radius 3 is 2.92 bits per heavy atom. The Kier molecular flexibility index (Phi) is 2.09. The van der Waals surface area contributed by atoms with Gasteiger partial charge in [-0.2, -0.15) is 0 Å². The van der Waals surface area contributed by atoms with Gasteiger partial charge < -0.3 is 5.32 Å². The number of nitrogens with one attached hydrogen (secondary N) is 1. The van der Waals surface area contributed by atoms with E-state index in [9.17, 15) is 0 Å². The summed E-state index contributed by atoms with van der Waals surface area (Å²) in [6.45, 7) is 2.98. The highest BCUT2D eigenvalue weighted by molar-refractivity contribution is 5.13. The van der Waals surface area contributed by atoms with E-state index in [4.69, 9.17) is 0 Å². The summed E-state index contributed by atoms with van der Waals surface area (Å²) in [5.74, 6) is 0. The topological polar surface area (TPSA) is 24.9 Å². The summed E-state index contributed by atoms with van der Waals surface area (Å²) >= 11 is 0. The van der Waals surface area contributed by atoms with E-state index in [-0.39, 0.29) is 0 Å². The van der Waals surface area contributed by atoms with Crippen molar-refractivity contribution in [3.8, 4) is 0 Å². The second-order valence-corrected chi connectivity index (χ2v) is 3.46. The molecule has 2 nitrogen and oxygen atoms in total. The van der Waals surface area contributed by atoms with Gasteiger partial charge in [-0.25, -0.2) is 0 Å². The summed E-state index contributed by atoms with van der Waals surface area (Å²) in [5.41, 5.74) is 2.37. The molecule has 1 saturated carbocycles. The van der Waals surface area contributed by atoms with E-state index in [1.807, 2.05) is 13.1 Å². The lowest BCUT2D eigenvalue weighted by molar-refractivity contribution is 0.685. The molecule has 1 fully saturated rings. The third-order valence-corrected chi connectivity index (χ3v) is 2.14. The van der Waals surface area contributed by atoms with E-state index in [0.29, 0.717) is 0 Å². The van der Waals surface area contributed by atoms with Gasteiger partial charge in [-0.3, -0.25) is 4.98 Å². The highest BCUT2D eigenvalue weighted by Gasteiger charge is 2.19. The monoisotopic (exact) mass is 162 g/mol. The standard InChI is InChI=1S/C10H14N2/c1-8-2-3-9(6-11-8)7-12-10-4-5-10/h2-3,6,10,12H,4-5,7H2,1H3. The first kappa shape index (κ1) is 7.74. The van der Waals surface area contributed by atoms with Crippen LogP contribution in [-0.2, 0) is 6.54 Å². The normalized spacial score (nSPS) is 16.4. The van der Waals surface area contributed by atoms with Crippen LogP contribution in [0.5, 0.6) is 0 Å². The number of pyridine rings is 1. The molecule has 12 heavy (non-hydrogen) atoms. The summed E-state index contributed by atoms with van der Waals surface area (Å²) in [6, 6.07) is 4.98. The molecule has 1 aliphatic rings. The highest BCUT2D eigenvalue weighted by atomic mass is 14.9. The molecule has 0 aliphatic heterocycles. The first-order chi connectivity index (χ1) is 5.84. The maximum Gasteiger partial charge on any atom is 0.0372 e. The van der Waals surface area contributed by atoms with Crippen LogP contribution < -0.4 is 5.32 Å². The summed E-state index contributed by atoms with van der Waals surface area (Å²) in [4.78, 5) is 4.24. The molecule has 1 heterocycles. The van der Waals surface area contributed by atoms with E-state index in [1.54, 1.807) is 0 Å². The maximum absolute atomic E-state index is 4.24. The van der Waals surface area contributed by atoms with Crippen LogP contribution in [-0.4, -0.2) is 11.0 Å². The Hall–Kier alpha value is -0.890. The van der Waals surface area contributed by atoms with Crippen molar-refractivity contribution in [2.24, 2.45) is 0 Å². The van der Waals surface area contributed by atoms with Crippen molar-refractivity contribution in [3.63, 3.8) is 0 Å². The largest absolute Gasteiger partial charge is 0.310 e. The highest BCUT2D eigenvalue weighted by Crippen LogP contribution is 2.19. The van der Waals surface area contributed by atoms with Crippen molar-refractivity contribution >= 4 is 0 Å². The SMILES string of the molecule is Cc1ccc(CNC2CC2)cn1. The molecule has 0 atom stereocenters. The Morgan fingerprint density at radius 1 is 1.50 bits per heavy atom. The van der Waals surface area contributed by atoms with Crippen molar-refractivity contribution < 1.29 is 0 Å². The Balaban J connectivity index is 1.89. The predicted octanol–water partition coefficient (Wildman–Crippen LogP) is 1.64. The van der Waals surface area contributed by atoms with Crippen LogP contribution in [0.4, 0.5) is 0 Å². The maximum atomic E-state index is 4.24. The summed E-state index contributed by atoms with van der Waals surface area (Å²) < 4.78 is 0. The Labute approximate surface area is 73.0 Å². The average molecular weight is 162 g/mol. The molecule has 64 valence electrons. The molecule has 1 aliphatic carbocycles. The fraction of sp³-hybridized carbons (Fsp3) is 0.500. The lowest BCUT2D eigenvalue weighted by Gasteiger charge is -2.01. The van der Waals surface area contributed by atoms with Crippen molar-refractivity contribution in [2.75, 3.05) is 0 Å². The molecule has 2 heteroatoms. The zero-order valence-corrected chi connectivity index (χ0v) is 7.38. The number of hydrogen-bond acceptors (Lipinski definition) is 2. The molecule has 1 aromatic heterocycles. The molecule has 0 spiro atoms. The summed E-state index contributed by atoms with van der Waals surface area (Å²) in [7, 11) is 0. The molecule has 0 radical (unpaired) electrons. The van der Waals surface area contributed by atoms with Gasteiger partial charge in [0.15, 0.2) is 0 Å². The Morgan fingerprint density at radius 2 is 2.33 bits per heavy atom. The van der Waals surface area contributed by atoms with Crippen LogP contribution in [0.1, 0.15) is 24.1 Å². The van der Waals surface area contributed by atoms with Gasteiger partial charge in [0, 0.05) is 24.5 Å². The average Bonchev–Trinajstić information content (AvgIpc) is 2.87.